The molecule has 0 aliphatic carbocycles. The van der Waals surface area contributed by atoms with Crippen LogP contribution in [-0.4, -0.2) is 42.6 Å². The molecule has 0 saturated heterocycles. The molecule has 0 radical (unpaired) electrons. The second-order valence-electron chi connectivity index (χ2n) is 5.23. The van der Waals surface area contributed by atoms with Crippen LogP contribution in [0.4, 0.5) is 5.82 Å². The molecule has 5 nitrogen and oxygen atoms in total. The van der Waals surface area contributed by atoms with Gasteiger partial charge in [0.25, 0.3) is 0 Å². The first-order chi connectivity index (χ1) is 9.56. The predicted octanol–water partition coefficient (Wildman–Crippen LogP) is 2.09. The van der Waals surface area contributed by atoms with Gasteiger partial charge in [0.05, 0.1) is 12.3 Å². The van der Waals surface area contributed by atoms with Gasteiger partial charge in [0.15, 0.2) is 0 Å². The van der Waals surface area contributed by atoms with Gasteiger partial charge in [-0.05, 0) is 26.8 Å². The summed E-state index contributed by atoms with van der Waals surface area (Å²) in [7, 11) is 3.78. The monoisotopic (exact) mass is 282 g/mol. The number of nitrogens with zero attached hydrogens (tertiary/aromatic N) is 3. The summed E-state index contributed by atoms with van der Waals surface area (Å²) in [6, 6.07) is 0.473. The van der Waals surface area contributed by atoms with Gasteiger partial charge in [-0.3, -0.25) is 4.68 Å². The van der Waals surface area contributed by atoms with E-state index in [-0.39, 0.29) is 0 Å². The fourth-order valence-electron chi connectivity index (χ4n) is 2.45. The van der Waals surface area contributed by atoms with E-state index in [1.54, 1.807) is 7.11 Å². The van der Waals surface area contributed by atoms with Crippen LogP contribution in [0.15, 0.2) is 0 Å². The molecule has 1 aromatic rings. The molecule has 0 aliphatic heterocycles. The minimum absolute atomic E-state index is 0.473. The van der Waals surface area contributed by atoms with Gasteiger partial charge in [0.1, 0.15) is 5.82 Å². The van der Waals surface area contributed by atoms with Crippen LogP contribution in [0.25, 0.3) is 0 Å². The van der Waals surface area contributed by atoms with Gasteiger partial charge >= 0.3 is 0 Å². The Morgan fingerprint density at radius 3 is 2.65 bits per heavy atom. The molecule has 0 aromatic carbocycles. The highest BCUT2D eigenvalue weighted by molar-refractivity contribution is 5.51. The molecule has 1 heterocycles. The molecule has 0 aliphatic rings. The van der Waals surface area contributed by atoms with Crippen molar-refractivity contribution < 1.29 is 4.74 Å². The van der Waals surface area contributed by atoms with Crippen LogP contribution in [0.2, 0.25) is 0 Å². The topological polar surface area (TPSA) is 42.3 Å². The Morgan fingerprint density at radius 1 is 1.40 bits per heavy atom. The van der Waals surface area contributed by atoms with Crippen LogP contribution in [0.1, 0.15) is 38.4 Å². The number of ether oxygens (including phenoxy) is 1. The fraction of sp³-hybridized carbons (Fsp3) is 0.800. The van der Waals surface area contributed by atoms with Gasteiger partial charge in [-0.25, -0.2) is 0 Å². The molecular weight excluding hydrogens is 252 g/mol. The van der Waals surface area contributed by atoms with Crippen LogP contribution in [0.3, 0.4) is 0 Å². The maximum absolute atomic E-state index is 5.27. The minimum Gasteiger partial charge on any atom is -0.383 e. The molecule has 116 valence electrons. The van der Waals surface area contributed by atoms with Crippen molar-refractivity contribution in [3.8, 4) is 0 Å². The molecule has 1 atom stereocenters. The molecule has 20 heavy (non-hydrogen) atoms. The van der Waals surface area contributed by atoms with Crippen molar-refractivity contribution in [3.63, 3.8) is 0 Å². The summed E-state index contributed by atoms with van der Waals surface area (Å²) in [6.45, 7) is 12.1. The lowest BCUT2D eigenvalue weighted by atomic mass is 10.1. The Hall–Kier alpha value is -1.07. The number of hydrogen-bond donors (Lipinski definition) is 1. The molecule has 0 bridgehead atoms. The zero-order valence-electron chi connectivity index (χ0n) is 13.9. The number of nitrogens with one attached hydrogen (secondary N) is 1. The highest BCUT2D eigenvalue weighted by atomic mass is 16.5. The van der Waals surface area contributed by atoms with E-state index in [0.29, 0.717) is 6.04 Å². The average Bonchev–Trinajstić information content (AvgIpc) is 2.71. The van der Waals surface area contributed by atoms with E-state index in [1.165, 1.54) is 11.4 Å². The van der Waals surface area contributed by atoms with Gasteiger partial charge < -0.3 is 15.0 Å². The predicted molar refractivity (Wildman–Crippen MR) is 84.3 cm³/mol. The molecule has 1 aromatic heterocycles. The third-order valence-electron chi connectivity index (χ3n) is 3.80. The first kappa shape index (κ1) is 17.0. The first-order valence-electron chi connectivity index (χ1n) is 7.55. The molecule has 0 fully saturated rings. The molecule has 0 saturated carbocycles. The lowest BCUT2D eigenvalue weighted by molar-refractivity contribution is 0.203. The fourth-order valence-corrected chi connectivity index (χ4v) is 2.45. The molecule has 1 rings (SSSR count). The lowest BCUT2D eigenvalue weighted by Gasteiger charge is -2.31. The third kappa shape index (κ3) is 3.96. The van der Waals surface area contributed by atoms with Crippen LogP contribution in [0, 0.1) is 6.92 Å². The van der Waals surface area contributed by atoms with Gasteiger partial charge in [0.2, 0.25) is 0 Å². The van der Waals surface area contributed by atoms with Gasteiger partial charge in [-0.2, -0.15) is 5.10 Å². The molecule has 0 amide bonds. The molecular formula is C15H30N4O. The Kier molecular flexibility index (Phi) is 7.02. The van der Waals surface area contributed by atoms with E-state index in [1.807, 2.05) is 11.7 Å². The van der Waals surface area contributed by atoms with E-state index >= 15 is 0 Å². The Balaban J connectivity index is 3.09. The molecule has 1 unspecified atom stereocenters. The maximum atomic E-state index is 5.27. The second kappa shape index (κ2) is 8.27. The summed E-state index contributed by atoms with van der Waals surface area (Å²) < 4.78 is 7.27. The summed E-state index contributed by atoms with van der Waals surface area (Å²) in [4.78, 5) is 2.41. The molecule has 5 heteroatoms. The Labute approximate surface area is 123 Å². The number of aromatic nitrogens is 2. The minimum atomic E-state index is 0.473. The number of aryl methyl sites for hydroxylation is 2. The summed E-state index contributed by atoms with van der Waals surface area (Å²) >= 11 is 0. The van der Waals surface area contributed by atoms with Crippen molar-refractivity contribution in [2.75, 3.05) is 31.7 Å². The van der Waals surface area contributed by atoms with Crippen molar-refractivity contribution in [1.82, 2.24) is 15.1 Å². The van der Waals surface area contributed by atoms with E-state index < -0.39 is 0 Å². The average molecular weight is 282 g/mol. The zero-order valence-corrected chi connectivity index (χ0v) is 13.9. The summed E-state index contributed by atoms with van der Waals surface area (Å²) in [6.07, 6.45) is 1.11. The number of methoxy groups -OCH3 is 1. The lowest BCUT2D eigenvalue weighted by Crippen LogP contribution is -2.37. The van der Waals surface area contributed by atoms with Crippen molar-refractivity contribution in [2.45, 2.75) is 46.7 Å². The highest BCUT2D eigenvalue weighted by Crippen LogP contribution is 2.25. The maximum Gasteiger partial charge on any atom is 0.131 e. The Bertz CT molecular complexity index is 403. The summed E-state index contributed by atoms with van der Waals surface area (Å²) in [5.74, 6) is 1.22. The summed E-state index contributed by atoms with van der Waals surface area (Å²) in [5.41, 5.74) is 2.40. The standard InChI is InChI=1S/C15H30N4O/c1-7-12(3)19(9-10-20-6)15-14(11-16-8-2)13(4)17-18(15)5/h12,16H,7-11H2,1-6H3. The number of anilines is 1. The van der Waals surface area contributed by atoms with Crippen molar-refractivity contribution in [1.29, 1.82) is 0 Å². The zero-order chi connectivity index (χ0) is 15.1. The van der Waals surface area contributed by atoms with Gasteiger partial charge in [0, 0.05) is 38.9 Å². The number of hydrogen-bond acceptors (Lipinski definition) is 4. The van der Waals surface area contributed by atoms with Gasteiger partial charge in [-0.15, -0.1) is 0 Å². The van der Waals surface area contributed by atoms with Crippen LogP contribution in [-0.2, 0) is 18.3 Å². The molecule has 1 N–H and O–H groups in total. The van der Waals surface area contributed by atoms with Crippen molar-refractivity contribution >= 4 is 5.82 Å². The van der Waals surface area contributed by atoms with Crippen molar-refractivity contribution in [3.05, 3.63) is 11.3 Å². The quantitative estimate of drug-likeness (QED) is 0.753. The van der Waals surface area contributed by atoms with Gasteiger partial charge in [-0.1, -0.05) is 13.8 Å². The normalized spacial score (nSPS) is 12.7. The van der Waals surface area contributed by atoms with E-state index in [4.69, 9.17) is 4.74 Å². The van der Waals surface area contributed by atoms with E-state index in [0.717, 1.165) is 38.4 Å². The van der Waals surface area contributed by atoms with Crippen LogP contribution >= 0.6 is 0 Å². The van der Waals surface area contributed by atoms with E-state index in [9.17, 15) is 0 Å². The largest absolute Gasteiger partial charge is 0.383 e. The molecule has 0 spiro atoms. The third-order valence-corrected chi connectivity index (χ3v) is 3.80. The van der Waals surface area contributed by atoms with Crippen LogP contribution in [0.5, 0.6) is 0 Å². The second-order valence-corrected chi connectivity index (χ2v) is 5.23. The Morgan fingerprint density at radius 2 is 2.10 bits per heavy atom. The smallest absolute Gasteiger partial charge is 0.131 e. The number of rotatable bonds is 9. The van der Waals surface area contributed by atoms with E-state index in [2.05, 4.69) is 43.0 Å². The van der Waals surface area contributed by atoms with Crippen molar-refractivity contribution in [2.24, 2.45) is 7.05 Å². The van der Waals surface area contributed by atoms with Crippen LogP contribution < -0.4 is 10.2 Å². The summed E-state index contributed by atoms with van der Waals surface area (Å²) in [5, 5.41) is 8.02. The first-order valence-corrected chi connectivity index (χ1v) is 7.55. The SMILES string of the molecule is CCNCc1c(C)nn(C)c1N(CCOC)C(C)CC. The highest BCUT2D eigenvalue weighted by Gasteiger charge is 2.22.